The molecule has 0 radical (unpaired) electrons. The fraction of sp³-hybridized carbons (Fsp3) is 0.350. The molecule has 3 N–H and O–H groups in total. The van der Waals surface area contributed by atoms with Crippen LogP contribution in [0.5, 0.6) is 0 Å². The summed E-state index contributed by atoms with van der Waals surface area (Å²) in [5.41, 5.74) is 7.96. The highest BCUT2D eigenvalue weighted by Gasteiger charge is 2.40. The molecule has 1 amide bonds. The van der Waals surface area contributed by atoms with Crippen molar-refractivity contribution in [2.24, 2.45) is 5.73 Å². The van der Waals surface area contributed by atoms with E-state index < -0.39 is 11.4 Å². The summed E-state index contributed by atoms with van der Waals surface area (Å²) in [7, 11) is 0. The zero-order valence-corrected chi connectivity index (χ0v) is 17.1. The summed E-state index contributed by atoms with van der Waals surface area (Å²) < 4.78 is 1.77. The lowest BCUT2D eigenvalue weighted by atomic mass is 9.79. The molecule has 0 saturated heterocycles. The van der Waals surface area contributed by atoms with Gasteiger partial charge in [0, 0.05) is 30.5 Å². The van der Waals surface area contributed by atoms with Crippen molar-refractivity contribution in [1.29, 1.82) is 0 Å². The third kappa shape index (κ3) is 3.63. The van der Waals surface area contributed by atoms with Crippen molar-refractivity contribution in [1.82, 2.24) is 40.4 Å². The molecule has 3 heterocycles. The predicted molar refractivity (Wildman–Crippen MR) is 109 cm³/mol. The van der Waals surface area contributed by atoms with Crippen molar-refractivity contribution in [2.45, 2.75) is 45.1 Å². The minimum Gasteiger partial charge on any atom is -0.366 e. The second kappa shape index (κ2) is 7.62. The van der Waals surface area contributed by atoms with Gasteiger partial charge in [-0.15, -0.1) is 5.10 Å². The number of hydrogen-bond acceptors (Lipinski definition) is 7. The summed E-state index contributed by atoms with van der Waals surface area (Å²) in [6.07, 6.45) is 7.80. The summed E-state index contributed by atoms with van der Waals surface area (Å²) in [6, 6.07) is 3.90. The number of nitrogens with zero attached hydrogens (tertiary/aromatic N) is 7. The number of primary amides is 1. The number of amides is 1. The van der Waals surface area contributed by atoms with E-state index in [9.17, 15) is 4.79 Å². The Morgan fingerprint density at radius 2 is 2.17 bits per heavy atom. The maximum atomic E-state index is 12.3. The maximum absolute atomic E-state index is 12.3. The maximum Gasteiger partial charge on any atom is 0.244 e. The summed E-state index contributed by atoms with van der Waals surface area (Å²) in [5, 5.41) is 19.3. The van der Waals surface area contributed by atoms with Crippen LogP contribution < -0.4 is 5.73 Å². The Balaban J connectivity index is 1.93. The highest BCUT2D eigenvalue weighted by atomic mass is 16.1. The molecule has 4 rings (SSSR count). The minimum atomic E-state index is -0.802. The van der Waals surface area contributed by atoms with Crippen LogP contribution in [0.1, 0.15) is 49.1 Å². The Morgan fingerprint density at radius 1 is 1.33 bits per heavy atom. The third-order valence-electron chi connectivity index (χ3n) is 5.14. The van der Waals surface area contributed by atoms with Gasteiger partial charge in [-0.3, -0.25) is 14.9 Å². The normalized spacial score (nSPS) is 18.9. The summed E-state index contributed by atoms with van der Waals surface area (Å²) in [6.45, 7) is 6.01. The number of carbonyl (C=O) groups is 1. The number of hydrogen-bond donors (Lipinski definition) is 2. The molecule has 1 unspecified atom stereocenters. The number of aromatic amines is 1. The first-order chi connectivity index (χ1) is 14.4. The van der Waals surface area contributed by atoms with E-state index in [1.165, 1.54) is 6.33 Å². The molecular weight excluding hydrogens is 382 g/mol. The Hall–Kier alpha value is -3.69. The molecule has 10 heteroatoms. The van der Waals surface area contributed by atoms with E-state index in [-0.39, 0.29) is 5.92 Å². The van der Waals surface area contributed by atoms with Crippen molar-refractivity contribution < 1.29 is 4.79 Å². The second-order valence-electron chi connectivity index (χ2n) is 7.85. The molecule has 0 saturated carbocycles. The van der Waals surface area contributed by atoms with Gasteiger partial charge in [0.15, 0.2) is 5.82 Å². The van der Waals surface area contributed by atoms with Crippen LogP contribution in [0.4, 0.5) is 0 Å². The monoisotopic (exact) mass is 405 g/mol. The third-order valence-corrected chi connectivity index (χ3v) is 5.14. The fourth-order valence-corrected chi connectivity index (χ4v) is 3.70. The Labute approximate surface area is 173 Å². The van der Waals surface area contributed by atoms with Gasteiger partial charge < -0.3 is 5.73 Å². The minimum absolute atomic E-state index is 0.0730. The molecule has 0 aliphatic heterocycles. The number of aryl methyl sites for hydroxylation is 1. The summed E-state index contributed by atoms with van der Waals surface area (Å²) >= 11 is 0. The van der Waals surface area contributed by atoms with Crippen LogP contribution in [0.25, 0.3) is 5.57 Å². The quantitative estimate of drug-likeness (QED) is 0.632. The Bertz CT molecular complexity index is 1110. The topological polar surface area (TPSA) is 141 Å². The van der Waals surface area contributed by atoms with Gasteiger partial charge in [-0.1, -0.05) is 19.9 Å². The molecule has 154 valence electrons. The van der Waals surface area contributed by atoms with Gasteiger partial charge in [0.1, 0.15) is 12.2 Å². The average Bonchev–Trinajstić information content (AvgIpc) is 3.40. The van der Waals surface area contributed by atoms with Gasteiger partial charge >= 0.3 is 0 Å². The number of nitrogens with one attached hydrogen (secondary N) is 1. The lowest BCUT2D eigenvalue weighted by Crippen LogP contribution is -2.41. The molecule has 3 aromatic rings. The lowest BCUT2D eigenvalue weighted by molar-refractivity contribution is -0.114. The number of pyridine rings is 1. The van der Waals surface area contributed by atoms with Gasteiger partial charge in [0.2, 0.25) is 5.91 Å². The van der Waals surface area contributed by atoms with Crippen molar-refractivity contribution in [2.75, 3.05) is 0 Å². The van der Waals surface area contributed by atoms with Crippen molar-refractivity contribution in [3.8, 4) is 0 Å². The molecule has 30 heavy (non-hydrogen) atoms. The molecule has 1 aliphatic rings. The molecule has 0 fully saturated rings. The number of allylic oxidation sites excluding steroid dienone is 3. The van der Waals surface area contributed by atoms with Crippen LogP contribution in [0.15, 0.2) is 42.4 Å². The van der Waals surface area contributed by atoms with E-state index in [4.69, 9.17) is 5.73 Å². The van der Waals surface area contributed by atoms with Gasteiger partial charge in [-0.2, -0.15) is 5.10 Å². The average molecular weight is 405 g/mol. The summed E-state index contributed by atoms with van der Waals surface area (Å²) in [4.78, 5) is 21.1. The fourth-order valence-electron chi connectivity index (χ4n) is 3.70. The number of carbonyl (C=O) groups excluding carboxylic acids is 1. The Kier molecular flexibility index (Phi) is 4.98. The van der Waals surface area contributed by atoms with Gasteiger partial charge in [-0.25, -0.2) is 9.67 Å². The predicted octanol–water partition coefficient (Wildman–Crippen LogP) is 1.46. The van der Waals surface area contributed by atoms with E-state index in [1.807, 2.05) is 39.0 Å². The van der Waals surface area contributed by atoms with Crippen molar-refractivity contribution >= 4 is 11.5 Å². The molecule has 0 spiro atoms. The highest BCUT2D eigenvalue weighted by molar-refractivity contribution is 5.96. The van der Waals surface area contributed by atoms with Crippen LogP contribution in [-0.2, 0) is 16.8 Å². The number of nitrogens with two attached hydrogens (primary N) is 1. The first kappa shape index (κ1) is 19.6. The first-order valence-electron chi connectivity index (χ1n) is 9.67. The van der Waals surface area contributed by atoms with Gasteiger partial charge in [-0.05, 0) is 46.7 Å². The van der Waals surface area contributed by atoms with E-state index in [0.717, 1.165) is 16.8 Å². The van der Waals surface area contributed by atoms with E-state index in [0.29, 0.717) is 30.1 Å². The molecule has 3 aromatic heterocycles. The van der Waals surface area contributed by atoms with Gasteiger partial charge in [0.05, 0.1) is 11.2 Å². The highest BCUT2D eigenvalue weighted by Crippen LogP contribution is 2.39. The molecule has 0 bridgehead atoms. The SMILES string of the molecule is Cc1ccc(C2=CC(Cc3ncn[nH]3)(n3nnnc3C(C)C)CC(C(N)=O)=C2)nc1. The molecule has 10 nitrogen and oxygen atoms in total. The van der Waals surface area contributed by atoms with Crippen LogP contribution in [0.3, 0.4) is 0 Å². The standard InChI is InChI=1S/C20H23N9O/c1-12(2)19-26-27-28-29(19)20(9-17-23-11-24-25-17)7-14(6-15(8-20)18(21)30)16-5-4-13(3)10-22-16/h4-7,10-12H,8-9H2,1-3H3,(H2,21,30)(H,23,24,25). The zero-order valence-electron chi connectivity index (χ0n) is 17.1. The Morgan fingerprint density at radius 3 is 2.80 bits per heavy atom. The van der Waals surface area contributed by atoms with E-state index >= 15 is 0 Å². The lowest BCUT2D eigenvalue weighted by Gasteiger charge is -2.35. The van der Waals surface area contributed by atoms with Crippen LogP contribution in [0, 0.1) is 6.92 Å². The molecule has 1 atom stereocenters. The zero-order chi connectivity index (χ0) is 21.3. The van der Waals surface area contributed by atoms with E-state index in [1.54, 1.807) is 17.0 Å². The molecule has 1 aliphatic carbocycles. The van der Waals surface area contributed by atoms with Crippen LogP contribution in [0.2, 0.25) is 0 Å². The second-order valence-corrected chi connectivity index (χ2v) is 7.85. The van der Waals surface area contributed by atoms with Crippen LogP contribution >= 0.6 is 0 Å². The first-order valence-corrected chi connectivity index (χ1v) is 9.67. The van der Waals surface area contributed by atoms with Crippen molar-refractivity contribution in [3.05, 3.63) is 65.3 Å². The van der Waals surface area contributed by atoms with Gasteiger partial charge in [0.25, 0.3) is 0 Å². The smallest absolute Gasteiger partial charge is 0.244 e. The number of rotatable bonds is 6. The number of aromatic nitrogens is 8. The largest absolute Gasteiger partial charge is 0.366 e. The summed E-state index contributed by atoms with van der Waals surface area (Å²) in [5.74, 6) is 0.934. The number of tetrazole rings is 1. The van der Waals surface area contributed by atoms with Crippen LogP contribution in [-0.4, -0.2) is 46.3 Å². The number of H-pyrrole nitrogens is 1. The van der Waals surface area contributed by atoms with Crippen molar-refractivity contribution in [3.63, 3.8) is 0 Å². The molecular formula is C20H23N9O. The molecule has 0 aromatic carbocycles. The van der Waals surface area contributed by atoms with E-state index in [2.05, 4.69) is 35.7 Å².